The van der Waals surface area contributed by atoms with Crippen molar-refractivity contribution in [3.05, 3.63) is 41.4 Å². The highest BCUT2D eigenvalue weighted by Gasteiger charge is 2.60. The smallest absolute Gasteiger partial charge is 0.202 e. The third-order valence-electron chi connectivity index (χ3n) is 7.25. The zero-order chi connectivity index (χ0) is 23.9. The maximum atomic E-state index is 12.4. The molecule has 1 saturated heterocycles. The van der Waals surface area contributed by atoms with Crippen molar-refractivity contribution in [3.8, 4) is 17.3 Å². The Kier molecular flexibility index (Phi) is 7.59. The lowest BCUT2D eigenvalue weighted by molar-refractivity contribution is 0.0985. The van der Waals surface area contributed by atoms with E-state index in [1.165, 1.54) is 18.4 Å². The van der Waals surface area contributed by atoms with Crippen molar-refractivity contribution in [1.82, 2.24) is 24.6 Å². The molecule has 0 spiro atoms. The Labute approximate surface area is 216 Å². The average Bonchev–Trinajstić information content (AvgIpc) is 3.13. The van der Waals surface area contributed by atoms with Crippen LogP contribution in [0.2, 0.25) is 0 Å². The Morgan fingerprint density at radius 2 is 2.17 bits per heavy atom. The average molecular weight is 518 g/mol. The maximum absolute atomic E-state index is 12.4. The Balaban J connectivity index is 0.00000289. The number of halogens is 1. The van der Waals surface area contributed by atoms with E-state index in [4.69, 9.17) is 9.15 Å². The molecule has 2 atom stereocenters. The van der Waals surface area contributed by atoms with Crippen LogP contribution >= 0.6 is 24.2 Å². The summed E-state index contributed by atoms with van der Waals surface area (Å²) >= 11 is 1.72. The van der Waals surface area contributed by atoms with Gasteiger partial charge in [0, 0.05) is 37.7 Å². The molecule has 188 valence electrons. The van der Waals surface area contributed by atoms with Gasteiger partial charge in [-0.05, 0) is 49.9 Å². The van der Waals surface area contributed by atoms with Gasteiger partial charge in [-0.3, -0.25) is 4.79 Å². The summed E-state index contributed by atoms with van der Waals surface area (Å²) in [4.78, 5) is 19.1. The first-order valence-electron chi connectivity index (χ1n) is 11.8. The van der Waals surface area contributed by atoms with Crippen LogP contribution in [0.25, 0.3) is 11.6 Å². The number of ketones is 1. The van der Waals surface area contributed by atoms with Crippen LogP contribution in [0.3, 0.4) is 0 Å². The number of hydrogen-bond donors (Lipinski definition) is 0. The largest absolute Gasteiger partial charge is 0.496 e. The lowest BCUT2D eigenvalue weighted by Crippen LogP contribution is -2.28. The number of carbonyl (C=O) groups excluding carboxylic acids is 1. The van der Waals surface area contributed by atoms with E-state index >= 15 is 0 Å². The van der Waals surface area contributed by atoms with Crippen LogP contribution in [0.1, 0.15) is 47.8 Å². The van der Waals surface area contributed by atoms with Crippen molar-refractivity contribution in [2.75, 3.05) is 32.5 Å². The summed E-state index contributed by atoms with van der Waals surface area (Å²) in [5, 5.41) is 9.51. The summed E-state index contributed by atoms with van der Waals surface area (Å²) in [5.41, 5.74) is 3.04. The highest BCUT2D eigenvalue weighted by molar-refractivity contribution is 7.99. The normalized spacial score (nSPS) is 21.0. The van der Waals surface area contributed by atoms with Crippen LogP contribution < -0.4 is 4.74 Å². The summed E-state index contributed by atoms with van der Waals surface area (Å²) in [6.07, 6.45) is 4.23. The van der Waals surface area contributed by atoms with E-state index in [1.54, 1.807) is 18.9 Å². The fourth-order valence-electron chi connectivity index (χ4n) is 5.24. The van der Waals surface area contributed by atoms with E-state index in [9.17, 15) is 4.79 Å². The van der Waals surface area contributed by atoms with E-state index in [-0.39, 0.29) is 23.6 Å². The maximum Gasteiger partial charge on any atom is 0.202 e. The number of fused-ring (bicyclic) bond motifs is 1. The van der Waals surface area contributed by atoms with E-state index in [1.807, 2.05) is 31.5 Å². The zero-order valence-electron chi connectivity index (χ0n) is 20.6. The number of hydrogen-bond acceptors (Lipinski definition) is 8. The summed E-state index contributed by atoms with van der Waals surface area (Å²) in [6, 6.07) is 6.22. The second-order valence-corrected chi connectivity index (χ2v) is 10.4. The van der Waals surface area contributed by atoms with E-state index < -0.39 is 0 Å². The van der Waals surface area contributed by atoms with Crippen molar-refractivity contribution in [2.24, 2.45) is 13.0 Å². The molecule has 1 aliphatic heterocycles. The molecule has 1 aliphatic carbocycles. The van der Waals surface area contributed by atoms with Gasteiger partial charge >= 0.3 is 0 Å². The number of aryl methyl sites for hydroxylation is 1. The Bertz CT molecular complexity index is 1210. The van der Waals surface area contributed by atoms with Crippen LogP contribution in [0, 0.1) is 12.8 Å². The third kappa shape index (κ3) is 4.73. The van der Waals surface area contributed by atoms with Crippen LogP contribution in [0.15, 0.2) is 34.2 Å². The van der Waals surface area contributed by atoms with Gasteiger partial charge in [-0.2, -0.15) is 0 Å². The molecule has 0 N–H and O–H groups in total. The molecule has 2 aromatic heterocycles. The van der Waals surface area contributed by atoms with Gasteiger partial charge in [0.25, 0.3) is 0 Å². The number of rotatable bonds is 10. The molecule has 35 heavy (non-hydrogen) atoms. The first kappa shape index (κ1) is 25.7. The number of likely N-dealkylation sites (tertiary alicyclic amines) is 1. The van der Waals surface area contributed by atoms with Crippen molar-refractivity contribution in [3.63, 3.8) is 0 Å². The minimum absolute atomic E-state index is 0. The predicted molar refractivity (Wildman–Crippen MR) is 138 cm³/mol. The summed E-state index contributed by atoms with van der Waals surface area (Å²) in [6.45, 7) is 7.06. The predicted octanol–water partition coefficient (Wildman–Crippen LogP) is 4.56. The number of benzene rings is 1. The molecule has 10 heteroatoms. The summed E-state index contributed by atoms with van der Waals surface area (Å²) in [7, 11) is 3.59. The molecule has 0 unspecified atom stereocenters. The van der Waals surface area contributed by atoms with Crippen molar-refractivity contribution < 1.29 is 13.9 Å². The molecule has 5 rings (SSSR count). The number of thioether (sulfide) groups is 1. The first-order valence-corrected chi connectivity index (χ1v) is 12.8. The Morgan fingerprint density at radius 1 is 1.34 bits per heavy atom. The van der Waals surface area contributed by atoms with Crippen LogP contribution in [-0.4, -0.2) is 62.9 Å². The van der Waals surface area contributed by atoms with Gasteiger partial charge in [0.1, 0.15) is 5.75 Å². The number of piperidine rings is 1. The molecule has 0 radical (unpaired) electrons. The second-order valence-electron chi connectivity index (χ2n) is 9.32. The third-order valence-corrected chi connectivity index (χ3v) is 8.35. The molecule has 3 aromatic rings. The van der Waals surface area contributed by atoms with Gasteiger partial charge < -0.3 is 18.6 Å². The molecule has 0 bridgehead atoms. The van der Waals surface area contributed by atoms with Crippen LogP contribution in [0.4, 0.5) is 0 Å². The molecule has 3 heterocycles. The standard InChI is InChI=1S/C25H31N5O3S.ClH/c1-5-20(31)19-11-17(7-8-21(19)32-4)25-12-18(25)13-30(14-25)9-6-10-34-24-28-27-23(29(24)3)22-16(2)26-15-33-22;/h7-8,11,15,18H,5-6,9-10,12-14H2,1-4H3;1H/t18-,25+;/m0./s1. The summed E-state index contributed by atoms with van der Waals surface area (Å²) in [5.74, 6) is 3.87. The van der Waals surface area contributed by atoms with E-state index in [2.05, 4.69) is 32.2 Å². The molecule has 1 saturated carbocycles. The molecule has 2 aliphatic rings. The Hall–Kier alpha value is -2.36. The van der Waals surface area contributed by atoms with Gasteiger partial charge in [-0.15, -0.1) is 22.6 Å². The quantitative estimate of drug-likeness (QED) is 0.220. The molecule has 1 aromatic carbocycles. The number of ether oxygens (including phenoxy) is 1. The van der Waals surface area contributed by atoms with Crippen molar-refractivity contribution >= 4 is 30.0 Å². The zero-order valence-corrected chi connectivity index (χ0v) is 22.2. The van der Waals surface area contributed by atoms with E-state index in [0.29, 0.717) is 29.7 Å². The molecule has 8 nitrogen and oxygen atoms in total. The lowest BCUT2D eigenvalue weighted by Gasteiger charge is -2.21. The van der Waals surface area contributed by atoms with Crippen molar-refractivity contribution in [1.29, 1.82) is 0 Å². The number of carbonyl (C=O) groups is 1. The highest BCUT2D eigenvalue weighted by atomic mass is 35.5. The topological polar surface area (TPSA) is 86.3 Å². The molecule has 2 fully saturated rings. The Morgan fingerprint density at radius 3 is 2.89 bits per heavy atom. The van der Waals surface area contributed by atoms with Crippen molar-refractivity contribution in [2.45, 2.75) is 43.7 Å². The first-order chi connectivity index (χ1) is 16.5. The number of Topliss-reactive ketones (excluding diaryl/α,β-unsaturated/α-hetero) is 1. The van der Waals surface area contributed by atoms with Crippen LogP contribution in [-0.2, 0) is 12.5 Å². The number of oxazole rings is 1. The molecule has 0 amide bonds. The van der Waals surface area contributed by atoms with Gasteiger partial charge in [0.05, 0.1) is 18.4 Å². The monoisotopic (exact) mass is 517 g/mol. The number of nitrogens with zero attached hydrogens (tertiary/aromatic N) is 5. The van der Waals surface area contributed by atoms with Gasteiger partial charge in [0.15, 0.2) is 23.1 Å². The van der Waals surface area contributed by atoms with Crippen LogP contribution in [0.5, 0.6) is 5.75 Å². The van der Waals surface area contributed by atoms with E-state index in [0.717, 1.165) is 48.2 Å². The number of methoxy groups -OCH3 is 1. The van der Waals surface area contributed by atoms with Gasteiger partial charge in [0.2, 0.25) is 5.82 Å². The fraction of sp³-hybridized carbons (Fsp3) is 0.520. The minimum Gasteiger partial charge on any atom is -0.496 e. The number of aromatic nitrogens is 4. The van der Waals surface area contributed by atoms with Gasteiger partial charge in [-0.1, -0.05) is 24.8 Å². The van der Waals surface area contributed by atoms with Gasteiger partial charge in [-0.25, -0.2) is 4.98 Å². The lowest BCUT2D eigenvalue weighted by atomic mass is 9.92. The highest BCUT2D eigenvalue weighted by Crippen LogP contribution is 2.59. The SMILES string of the molecule is CCC(=O)c1cc([C@]23C[C@H]2CN(CCCSc2nnc(-c4ocnc4C)n2C)C3)ccc1OC.Cl. The molecular weight excluding hydrogens is 486 g/mol. The minimum atomic E-state index is 0. The fourth-order valence-corrected chi connectivity index (χ4v) is 6.07. The molecular formula is C25H32ClN5O3S. The second kappa shape index (κ2) is 10.3. The summed E-state index contributed by atoms with van der Waals surface area (Å²) < 4.78 is 12.9.